The van der Waals surface area contributed by atoms with E-state index < -0.39 is 5.97 Å². The zero-order valence-corrected chi connectivity index (χ0v) is 12.9. The van der Waals surface area contributed by atoms with Crippen LogP contribution in [0.1, 0.15) is 29.9 Å². The summed E-state index contributed by atoms with van der Waals surface area (Å²) in [6, 6.07) is 7.61. The molecule has 6 heteroatoms. The molecular formula is C16H18N4O2. The number of hydrogen-bond donors (Lipinski definition) is 1. The zero-order chi connectivity index (χ0) is 15.9. The first-order valence-corrected chi connectivity index (χ1v) is 7.32. The summed E-state index contributed by atoms with van der Waals surface area (Å²) in [5, 5.41) is 13.7. The second kappa shape index (κ2) is 5.29. The van der Waals surface area contributed by atoms with Gasteiger partial charge in [0.25, 0.3) is 0 Å². The van der Waals surface area contributed by atoms with Gasteiger partial charge in [-0.25, -0.2) is 9.31 Å². The number of aryl methyl sites for hydroxylation is 2. The average Bonchev–Trinajstić information content (AvgIpc) is 2.86. The molecule has 0 aliphatic rings. The molecule has 0 aliphatic heterocycles. The standard InChI is InChI=1S/C16H18N4O2/c1-4-19-14(17)12(16(21)22-5-2)9-11-13-8-6-7-10(3)20(13)18-15(11)19/h6-9,17H,4-5H2,1-3H3. The lowest BCUT2D eigenvalue weighted by Gasteiger charge is -2.08. The van der Waals surface area contributed by atoms with Crippen LogP contribution in [-0.4, -0.2) is 26.8 Å². The van der Waals surface area contributed by atoms with Gasteiger partial charge in [0, 0.05) is 17.6 Å². The molecule has 3 aromatic rings. The molecule has 0 unspecified atom stereocenters. The summed E-state index contributed by atoms with van der Waals surface area (Å²) in [7, 11) is 0. The van der Waals surface area contributed by atoms with Crippen LogP contribution in [0.5, 0.6) is 0 Å². The number of rotatable bonds is 3. The van der Waals surface area contributed by atoms with E-state index in [-0.39, 0.29) is 17.7 Å². The van der Waals surface area contributed by atoms with Crippen molar-refractivity contribution in [3.63, 3.8) is 0 Å². The number of hydrogen-bond acceptors (Lipinski definition) is 4. The molecule has 0 saturated carbocycles. The highest BCUT2D eigenvalue weighted by Crippen LogP contribution is 2.21. The monoisotopic (exact) mass is 298 g/mol. The number of carbonyl (C=O) groups is 1. The van der Waals surface area contributed by atoms with Gasteiger partial charge >= 0.3 is 5.97 Å². The Morgan fingerprint density at radius 3 is 2.82 bits per heavy atom. The van der Waals surface area contributed by atoms with E-state index in [2.05, 4.69) is 5.10 Å². The minimum Gasteiger partial charge on any atom is -0.462 e. The van der Waals surface area contributed by atoms with Crippen LogP contribution in [0.15, 0.2) is 24.3 Å². The van der Waals surface area contributed by atoms with Crippen LogP contribution in [0.4, 0.5) is 0 Å². The van der Waals surface area contributed by atoms with Gasteiger partial charge in [0.1, 0.15) is 11.1 Å². The molecule has 22 heavy (non-hydrogen) atoms. The topological polar surface area (TPSA) is 72.4 Å². The molecular weight excluding hydrogens is 280 g/mol. The Labute approximate surface area is 127 Å². The lowest BCUT2D eigenvalue weighted by Crippen LogP contribution is -2.27. The fraction of sp³-hybridized carbons (Fsp3) is 0.312. The van der Waals surface area contributed by atoms with Gasteiger partial charge in [0.05, 0.1) is 12.1 Å². The Morgan fingerprint density at radius 2 is 2.14 bits per heavy atom. The first-order chi connectivity index (χ1) is 10.6. The maximum absolute atomic E-state index is 12.1. The van der Waals surface area contributed by atoms with Gasteiger partial charge in [0.2, 0.25) is 0 Å². The van der Waals surface area contributed by atoms with Crippen molar-refractivity contribution in [3.05, 3.63) is 41.0 Å². The molecule has 6 nitrogen and oxygen atoms in total. The summed E-state index contributed by atoms with van der Waals surface area (Å²) in [5.74, 6) is -0.469. The van der Waals surface area contributed by atoms with E-state index in [0.29, 0.717) is 12.2 Å². The molecule has 0 bridgehead atoms. The van der Waals surface area contributed by atoms with Gasteiger partial charge in [-0.1, -0.05) is 6.07 Å². The number of pyridine rings is 2. The Hall–Kier alpha value is -2.63. The quantitative estimate of drug-likeness (QED) is 0.754. The van der Waals surface area contributed by atoms with Gasteiger partial charge in [-0.2, -0.15) is 0 Å². The van der Waals surface area contributed by atoms with Crippen molar-refractivity contribution in [1.29, 1.82) is 5.41 Å². The van der Waals surface area contributed by atoms with E-state index in [1.165, 1.54) is 0 Å². The van der Waals surface area contributed by atoms with Gasteiger partial charge in [-0.3, -0.25) is 5.41 Å². The van der Waals surface area contributed by atoms with Crippen LogP contribution < -0.4 is 5.49 Å². The van der Waals surface area contributed by atoms with Crippen molar-refractivity contribution in [2.24, 2.45) is 0 Å². The Morgan fingerprint density at radius 1 is 1.36 bits per heavy atom. The normalized spacial score (nSPS) is 11.2. The van der Waals surface area contributed by atoms with Crippen LogP contribution >= 0.6 is 0 Å². The third-order valence-corrected chi connectivity index (χ3v) is 3.75. The summed E-state index contributed by atoms with van der Waals surface area (Å²) >= 11 is 0. The van der Waals surface area contributed by atoms with E-state index in [9.17, 15) is 4.79 Å². The van der Waals surface area contributed by atoms with E-state index in [0.717, 1.165) is 16.6 Å². The Kier molecular flexibility index (Phi) is 3.44. The predicted molar refractivity (Wildman–Crippen MR) is 82.9 cm³/mol. The van der Waals surface area contributed by atoms with Crippen LogP contribution in [0.25, 0.3) is 16.6 Å². The van der Waals surface area contributed by atoms with Crippen LogP contribution in [0.2, 0.25) is 0 Å². The maximum atomic E-state index is 12.1. The number of nitrogens with one attached hydrogen (secondary N) is 1. The minimum atomic E-state index is -0.469. The molecule has 0 spiro atoms. The van der Waals surface area contributed by atoms with Crippen LogP contribution in [0, 0.1) is 12.3 Å². The number of ether oxygens (including phenoxy) is 1. The number of aromatic nitrogens is 3. The molecule has 0 aromatic carbocycles. The third kappa shape index (κ3) is 1.99. The van der Waals surface area contributed by atoms with Crippen molar-refractivity contribution < 1.29 is 9.53 Å². The Bertz CT molecular complexity index is 937. The molecule has 0 atom stereocenters. The second-order valence-electron chi connectivity index (χ2n) is 5.07. The molecule has 0 aliphatic carbocycles. The smallest absolute Gasteiger partial charge is 0.341 e. The lowest BCUT2D eigenvalue weighted by atomic mass is 10.2. The lowest BCUT2D eigenvalue weighted by molar-refractivity contribution is 0.0523. The second-order valence-corrected chi connectivity index (χ2v) is 5.07. The largest absolute Gasteiger partial charge is 0.462 e. The first kappa shape index (κ1) is 14.3. The zero-order valence-electron chi connectivity index (χ0n) is 12.9. The molecule has 0 fully saturated rings. The number of esters is 1. The van der Waals surface area contributed by atoms with Crippen molar-refractivity contribution in [2.75, 3.05) is 6.61 Å². The van der Waals surface area contributed by atoms with Crippen molar-refractivity contribution in [2.45, 2.75) is 27.3 Å². The summed E-state index contributed by atoms with van der Waals surface area (Å²) in [5.41, 5.74) is 3.03. The molecule has 3 aromatic heterocycles. The Balaban J connectivity index is 2.44. The van der Waals surface area contributed by atoms with Gasteiger partial charge in [0.15, 0.2) is 5.65 Å². The molecule has 0 radical (unpaired) electrons. The molecule has 3 rings (SSSR count). The molecule has 114 valence electrons. The fourth-order valence-corrected chi connectivity index (χ4v) is 2.68. The summed E-state index contributed by atoms with van der Waals surface area (Å²) < 4.78 is 8.64. The van der Waals surface area contributed by atoms with E-state index in [1.54, 1.807) is 17.6 Å². The highest BCUT2D eigenvalue weighted by molar-refractivity contribution is 5.98. The minimum absolute atomic E-state index is 0.134. The SMILES string of the molecule is CCOC(=O)c1cc2c(nn3c(C)cccc23)n(CC)c1=N. The molecule has 3 heterocycles. The van der Waals surface area contributed by atoms with Crippen molar-refractivity contribution in [3.8, 4) is 0 Å². The highest BCUT2D eigenvalue weighted by atomic mass is 16.5. The summed E-state index contributed by atoms with van der Waals surface area (Å²) in [6.07, 6.45) is 0. The predicted octanol–water partition coefficient (Wildman–Crippen LogP) is 2.27. The maximum Gasteiger partial charge on any atom is 0.341 e. The third-order valence-electron chi connectivity index (χ3n) is 3.75. The highest BCUT2D eigenvalue weighted by Gasteiger charge is 2.17. The van der Waals surface area contributed by atoms with Gasteiger partial charge in [-0.05, 0) is 39.0 Å². The van der Waals surface area contributed by atoms with Gasteiger partial charge < -0.3 is 9.30 Å². The number of nitrogens with zero attached hydrogens (tertiary/aromatic N) is 3. The summed E-state index contributed by atoms with van der Waals surface area (Å²) in [6.45, 7) is 6.51. The summed E-state index contributed by atoms with van der Waals surface area (Å²) in [4.78, 5) is 12.1. The van der Waals surface area contributed by atoms with Crippen LogP contribution in [0.3, 0.4) is 0 Å². The number of carbonyl (C=O) groups excluding carboxylic acids is 1. The van der Waals surface area contributed by atoms with Crippen molar-refractivity contribution in [1.82, 2.24) is 14.2 Å². The van der Waals surface area contributed by atoms with E-state index >= 15 is 0 Å². The molecule has 0 saturated heterocycles. The van der Waals surface area contributed by atoms with Crippen molar-refractivity contribution >= 4 is 22.5 Å². The van der Waals surface area contributed by atoms with E-state index in [1.807, 2.05) is 36.6 Å². The average molecular weight is 298 g/mol. The van der Waals surface area contributed by atoms with E-state index in [4.69, 9.17) is 10.1 Å². The van der Waals surface area contributed by atoms with Gasteiger partial charge in [-0.15, -0.1) is 5.10 Å². The molecule has 1 N–H and O–H groups in total. The van der Waals surface area contributed by atoms with Crippen LogP contribution in [-0.2, 0) is 11.3 Å². The number of fused-ring (bicyclic) bond motifs is 3. The molecule has 0 amide bonds. The fourth-order valence-electron chi connectivity index (χ4n) is 2.68. The first-order valence-electron chi connectivity index (χ1n) is 7.32.